The number of fused-ring (bicyclic) bond motifs is 3. The summed E-state index contributed by atoms with van der Waals surface area (Å²) in [4.78, 5) is 43.0. The quantitative estimate of drug-likeness (QED) is 0.0871. The Kier molecular flexibility index (Phi) is 21.7. The summed E-state index contributed by atoms with van der Waals surface area (Å²) in [6, 6.07) is 2.20. The summed E-state index contributed by atoms with van der Waals surface area (Å²) in [5.74, 6) is -3.47. The lowest BCUT2D eigenvalue weighted by Crippen LogP contribution is -2.63. The second kappa shape index (κ2) is 25.4. The van der Waals surface area contributed by atoms with E-state index in [1.807, 2.05) is 40.7 Å². The van der Waals surface area contributed by atoms with Crippen LogP contribution in [0.1, 0.15) is 88.0 Å². The van der Waals surface area contributed by atoms with Crippen molar-refractivity contribution < 1.29 is 66.9 Å². The number of hydrogen-bond acceptors (Lipinski definition) is 15. The maximum absolute atomic E-state index is 14.3. The molecule has 4 aliphatic heterocycles. The largest absolute Gasteiger partial charge is 0.462 e. The summed E-state index contributed by atoms with van der Waals surface area (Å²) >= 11 is 0. The van der Waals surface area contributed by atoms with Crippen molar-refractivity contribution >= 4 is 26.4 Å². The topological polar surface area (TPSA) is 178 Å². The van der Waals surface area contributed by atoms with Crippen molar-refractivity contribution in [1.82, 2.24) is 4.90 Å². The summed E-state index contributed by atoms with van der Waals surface area (Å²) in [5.41, 5.74) is 1.41. The van der Waals surface area contributed by atoms with Gasteiger partial charge >= 0.3 is 5.97 Å². The average Bonchev–Trinajstić information content (AvgIpc) is 3.31. The normalized spacial score (nSPS) is 39.6. The Morgan fingerprint density at radius 2 is 1.52 bits per heavy atom. The van der Waals surface area contributed by atoms with Crippen molar-refractivity contribution in [1.29, 1.82) is 0 Å². The fraction of sp³-hybridized carbons (Fsp3) is 0.816. The van der Waals surface area contributed by atoms with Gasteiger partial charge < -0.3 is 62.2 Å². The van der Waals surface area contributed by atoms with Crippen molar-refractivity contribution in [3.63, 3.8) is 0 Å². The predicted molar refractivity (Wildman–Crippen MR) is 248 cm³/mol. The van der Waals surface area contributed by atoms with Gasteiger partial charge in [0.15, 0.2) is 26.7 Å². The molecule has 4 heterocycles. The third kappa shape index (κ3) is 13.7. The van der Waals surface area contributed by atoms with Gasteiger partial charge in [-0.05, 0) is 84.3 Å². The van der Waals surface area contributed by atoms with Crippen LogP contribution >= 0.6 is 0 Å². The third-order valence-electron chi connectivity index (χ3n) is 14.6. The van der Waals surface area contributed by atoms with E-state index in [0.717, 1.165) is 30.0 Å². The minimum atomic E-state index is -2.05. The molecule has 0 spiro atoms. The molecule has 16 heteroatoms. The van der Waals surface area contributed by atoms with Gasteiger partial charge in [0.1, 0.15) is 30.7 Å². The minimum absolute atomic E-state index is 0.0841. The standard InChI is InChI=1S/C49H83NO14Si/c1-15-38-35(27-59-49-47(57-14)46(56-13)45(33(10)61-49)64-65(16-2,17-3)18-4)21-28(5)19-20-37(52)30(7)23-36-34(25-51)22-29(6)26-58-39(24-40(53)62-38)31(8)44(36)63-48-43(55)41(50(11)12)42(54)32(9)60-48/h19-21,25,30-36,38-39,41-49,54-55H,6,15-18,22-24,26-27H2,1-5,7-14H3/t30-,31+,32?,33?,34?,35-,36-,38-,39-,41?,42-,43?,44-,45-,46+,47?,48+,49-/m1/s1. The Morgan fingerprint density at radius 3 is 2.11 bits per heavy atom. The van der Waals surface area contributed by atoms with E-state index in [1.54, 1.807) is 52.3 Å². The van der Waals surface area contributed by atoms with Gasteiger partial charge in [-0.2, -0.15) is 0 Å². The lowest BCUT2D eigenvalue weighted by Gasteiger charge is -2.47. The van der Waals surface area contributed by atoms with E-state index in [2.05, 4.69) is 27.4 Å². The van der Waals surface area contributed by atoms with E-state index in [-0.39, 0.29) is 50.5 Å². The molecule has 6 unspecified atom stereocenters. The summed E-state index contributed by atoms with van der Waals surface area (Å²) in [6.07, 6.45) is -2.20. The van der Waals surface area contributed by atoms with Crippen LogP contribution in [0.5, 0.6) is 0 Å². The smallest absolute Gasteiger partial charge is 0.308 e. The molecule has 18 atom stereocenters. The third-order valence-corrected chi connectivity index (χ3v) is 19.3. The lowest BCUT2D eigenvalue weighted by atomic mass is 9.73. The number of carbonyl (C=O) groups excluding carboxylic acids is 3. The zero-order chi connectivity index (χ0) is 48.3. The number of hydrogen-bond donors (Lipinski definition) is 2. The second-order valence-electron chi connectivity index (χ2n) is 19.2. The highest BCUT2D eigenvalue weighted by atomic mass is 28.4. The Hall–Kier alpha value is -2.19. The van der Waals surface area contributed by atoms with Crippen LogP contribution in [0.3, 0.4) is 0 Å². The molecule has 4 aliphatic rings. The molecule has 0 amide bonds. The van der Waals surface area contributed by atoms with E-state index >= 15 is 0 Å². The number of ether oxygens (including phenoxy) is 8. The van der Waals surface area contributed by atoms with Gasteiger partial charge in [-0.25, -0.2) is 0 Å². The van der Waals surface area contributed by atoms with E-state index < -0.39 is 111 Å². The van der Waals surface area contributed by atoms with Gasteiger partial charge in [-0.1, -0.05) is 71.4 Å². The molecule has 2 N–H and O–H groups in total. The van der Waals surface area contributed by atoms with Gasteiger partial charge in [-0.3, -0.25) is 9.59 Å². The number of allylic oxidation sites excluding steroid dienone is 3. The molecule has 0 saturated carbocycles. The molecule has 15 nitrogen and oxygen atoms in total. The number of aldehydes is 1. The van der Waals surface area contributed by atoms with Crippen LogP contribution in [0.25, 0.3) is 0 Å². The average molecular weight is 938 g/mol. The Bertz CT molecular complexity index is 1600. The number of methoxy groups -OCH3 is 2. The summed E-state index contributed by atoms with van der Waals surface area (Å²) in [5, 5.41) is 22.6. The molecule has 4 rings (SSSR count). The molecular weight excluding hydrogens is 855 g/mol. The first-order valence-corrected chi connectivity index (χ1v) is 26.5. The first-order valence-electron chi connectivity index (χ1n) is 24.0. The molecule has 0 radical (unpaired) electrons. The number of aliphatic hydroxyl groups excluding tert-OH is 2. The number of rotatable bonds is 15. The van der Waals surface area contributed by atoms with Crippen LogP contribution in [-0.4, -0.2) is 163 Å². The molecule has 3 fully saturated rings. The highest BCUT2D eigenvalue weighted by Gasteiger charge is 2.51. The molecule has 0 aromatic heterocycles. The van der Waals surface area contributed by atoms with E-state index in [1.165, 1.54) is 0 Å². The van der Waals surface area contributed by atoms with Crippen LogP contribution < -0.4 is 0 Å². The number of esters is 1. The van der Waals surface area contributed by atoms with Gasteiger partial charge in [0.2, 0.25) is 0 Å². The SMILES string of the molecule is C=C1CO[C@@H]2CC(=O)O[C@H](CC)[C@@H](CO[C@@H]3OC(C)[C@@H](O[Si](CC)(CC)CC)[C@H](OC)C3OC)C=C(C)C=CC(=O)[C@H](C)C[C@H](C(C=O)C1)[C@H](O[C@@H]1OC(C)[C@@H](O)C(N(C)C)C1O)[C@H]2C. The maximum atomic E-state index is 14.3. The van der Waals surface area contributed by atoms with E-state index in [9.17, 15) is 24.6 Å². The first-order chi connectivity index (χ1) is 30.8. The van der Waals surface area contributed by atoms with Crippen LogP contribution in [0, 0.1) is 29.6 Å². The Labute approximate surface area is 390 Å². The Balaban J connectivity index is 1.71. The first kappa shape index (κ1) is 55.4. The summed E-state index contributed by atoms with van der Waals surface area (Å²) in [6.45, 7) is 22.2. The second-order valence-corrected chi connectivity index (χ2v) is 24.0. The molecule has 3 saturated heterocycles. The molecule has 372 valence electrons. The lowest BCUT2D eigenvalue weighted by molar-refractivity contribution is -0.305. The fourth-order valence-electron chi connectivity index (χ4n) is 10.3. The van der Waals surface area contributed by atoms with Crippen LogP contribution in [0.4, 0.5) is 0 Å². The van der Waals surface area contributed by atoms with Crippen LogP contribution in [-0.2, 0) is 56.7 Å². The van der Waals surface area contributed by atoms with Crippen LogP contribution in [0.2, 0.25) is 18.1 Å². The van der Waals surface area contributed by atoms with Gasteiger partial charge in [0.05, 0.1) is 62.3 Å². The van der Waals surface area contributed by atoms with Crippen LogP contribution in [0.15, 0.2) is 36.0 Å². The molecule has 65 heavy (non-hydrogen) atoms. The maximum Gasteiger partial charge on any atom is 0.308 e. The number of carbonyl (C=O) groups is 3. The van der Waals surface area contributed by atoms with Gasteiger partial charge in [0.25, 0.3) is 0 Å². The molecule has 0 aromatic carbocycles. The van der Waals surface area contributed by atoms with E-state index in [4.69, 9.17) is 42.3 Å². The predicted octanol–water partition coefficient (Wildman–Crippen LogP) is 5.80. The molecule has 0 aromatic rings. The van der Waals surface area contributed by atoms with Gasteiger partial charge in [-0.15, -0.1) is 0 Å². The highest BCUT2D eigenvalue weighted by molar-refractivity contribution is 6.73. The van der Waals surface area contributed by atoms with Crippen molar-refractivity contribution in [3.05, 3.63) is 36.0 Å². The van der Waals surface area contributed by atoms with Crippen molar-refractivity contribution in [3.8, 4) is 0 Å². The number of ketones is 1. The van der Waals surface area contributed by atoms with Crippen molar-refractivity contribution in [2.45, 2.75) is 186 Å². The number of aliphatic hydroxyl groups is 2. The van der Waals surface area contributed by atoms with Gasteiger partial charge in [0, 0.05) is 37.9 Å². The Morgan fingerprint density at radius 1 is 0.877 bits per heavy atom. The number of cyclic esters (lactones) is 1. The molecule has 0 aliphatic carbocycles. The summed E-state index contributed by atoms with van der Waals surface area (Å²) in [7, 11) is 4.72. The summed E-state index contributed by atoms with van der Waals surface area (Å²) < 4.78 is 57.9. The minimum Gasteiger partial charge on any atom is -0.462 e. The zero-order valence-corrected chi connectivity index (χ0v) is 42.5. The number of likely N-dealkylation sites (N-methyl/N-ethyl adjacent to an activating group) is 1. The number of nitrogens with zero attached hydrogens (tertiary/aromatic N) is 1. The molecule has 2 bridgehead atoms. The van der Waals surface area contributed by atoms with Crippen molar-refractivity contribution in [2.24, 2.45) is 29.6 Å². The molecular formula is C49H83NO14Si. The van der Waals surface area contributed by atoms with Crippen molar-refractivity contribution in [2.75, 3.05) is 41.5 Å². The zero-order valence-electron chi connectivity index (χ0n) is 41.5. The highest BCUT2D eigenvalue weighted by Crippen LogP contribution is 2.40. The monoisotopic (exact) mass is 938 g/mol. The van der Waals surface area contributed by atoms with E-state index in [0.29, 0.717) is 12.0 Å². The fourth-order valence-corrected chi connectivity index (χ4v) is 13.2.